The van der Waals surface area contributed by atoms with Gasteiger partial charge in [0.2, 0.25) is 11.8 Å². The van der Waals surface area contributed by atoms with E-state index in [1.807, 2.05) is 13.8 Å². The van der Waals surface area contributed by atoms with E-state index in [-0.39, 0.29) is 22.3 Å². The Morgan fingerprint density at radius 1 is 0.889 bits per heavy atom. The van der Waals surface area contributed by atoms with Crippen LogP contribution in [-0.4, -0.2) is 22.3 Å². The summed E-state index contributed by atoms with van der Waals surface area (Å²) in [5.41, 5.74) is 10.6. The molecule has 2 amide bonds. The Hall–Kier alpha value is 0.340. The van der Waals surface area contributed by atoms with Crippen molar-refractivity contribution in [3.63, 3.8) is 0 Å². The maximum Gasteiger partial charge on any atom is 0.231 e. The van der Waals surface area contributed by atoms with Crippen molar-refractivity contribution in [1.82, 2.24) is 0 Å². The van der Waals surface area contributed by atoms with Crippen molar-refractivity contribution in [2.75, 3.05) is 0 Å². The first-order valence-corrected chi connectivity index (χ1v) is 10.7. The Morgan fingerprint density at radius 2 is 1.22 bits per heavy atom. The molecule has 0 aromatic carbocycles. The third-order valence-corrected chi connectivity index (χ3v) is 9.13. The molecule has 4 N–H and O–H groups in total. The zero-order chi connectivity index (χ0) is 14.0. The smallest absolute Gasteiger partial charge is 0.231 e. The molecule has 0 aliphatic carbocycles. The molecule has 0 aromatic rings. The van der Waals surface area contributed by atoms with Gasteiger partial charge in [0, 0.05) is 0 Å². The molecule has 0 saturated heterocycles. The largest absolute Gasteiger partial charge is 0.369 e. The van der Waals surface area contributed by atoms with Gasteiger partial charge in [0.25, 0.3) is 0 Å². The van der Waals surface area contributed by atoms with E-state index in [0.717, 1.165) is 25.7 Å². The molecular weight excluding hydrogens is 308 g/mol. The first-order valence-electron chi connectivity index (χ1n) is 5.77. The van der Waals surface area contributed by atoms with Gasteiger partial charge in [-0.15, -0.1) is 0 Å². The Morgan fingerprint density at radius 3 is 1.44 bits per heavy atom. The Bertz CT molecular complexity index is 240. The molecule has 0 aromatic heterocycles. The van der Waals surface area contributed by atoms with Crippen molar-refractivity contribution in [2.24, 2.45) is 11.5 Å². The van der Waals surface area contributed by atoms with Crippen molar-refractivity contribution in [1.29, 1.82) is 0 Å². The van der Waals surface area contributed by atoms with Gasteiger partial charge in [-0.3, -0.25) is 9.59 Å². The van der Waals surface area contributed by atoms with Crippen LogP contribution in [0.15, 0.2) is 0 Å². The Labute approximate surface area is 124 Å². The molecular formula is C10H20N2O2S4. The molecule has 0 spiro atoms. The highest BCUT2D eigenvalue weighted by atomic mass is 33.7. The molecule has 106 valence electrons. The van der Waals surface area contributed by atoms with Gasteiger partial charge in [0.15, 0.2) is 0 Å². The van der Waals surface area contributed by atoms with Crippen molar-refractivity contribution in [3.05, 3.63) is 0 Å². The molecule has 0 aliphatic heterocycles. The summed E-state index contributed by atoms with van der Waals surface area (Å²) in [5, 5.41) is -0.322. The van der Waals surface area contributed by atoms with E-state index < -0.39 is 0 Å². The molecule has 0 bridgehead atoms. The van der Waals surface area contributed by atoms with E-state index in [9.17, 15) is 9.59 Å². The van der Waals surface area contributed by atoms with E-state index in [4.69, 9.17) is 11.5 Å². The van der Waals surface area contributed by atoms with Crippen molar-refractivity contribution >= 4 is 53.1 Å². The van der Waals surface area contributed by atoms with Gasteiger partial charge >= 0.3 is 0 Å². The topological polar surface area (TPSA) is 86.2 Å². The Kier molecular flexibility index (Phi) is 11.4. The van der Waals surface area contributed by atoms with Crippen molar-refractivity contribution in [3.8, 4) is 0 Å². The van der Waals surface area contributed by atoms with Crippen LogP contribution in [-0.2, 0) is 9.59 Å². The number of hydrogen-bond donors (Lipinski definition) is 2. The lowest BCUT2D eigenvalue weighted by Gasteiger charge is -2.12. The van der Waals surface area contributed by atoms with Crippen LogP contribution in [0.3, 0.4) is 0 Å². The molecule has 0 fully saturated rings. The van der Waals surface area contributed by atoms with Crippen LogP contribution in [0.4, 0.5) is 0 Å². The van der Waals surface area contributed by atoms with E-state index >= 15 is 0 Å². The fourth-order valence-corrected chi connectivity index (χ4v) is 8.16. The van der Waals surface area contributed by atoms with E-state index in [0.29, 0.717) is 0 Å². The number of primary amides is 2. The third kappa shape index (κ3) is 8.44. The number of nitrogens with two attached hydrogens (primary N) is 2. The highest BCUT2D eigenvalue weighted by Gasteiger charge is 2.18. The summed E-state index contributed by atoms with van der Waals surface area (Å²) in [6.45, 7) is 4.04. The number of rotatable bonds is 11. The lowest BCUT2D eigenvalue weighted by molar-refractivity contribution is -0.118. The van der Waals surface area contributed by atoms with Crippen molar-refractivity contribution < 1.29 is 9.59 Å². The minimum absolute atomic E-state index is 0.161. The maximum absolute atomic E-state index is 11.1. The zero-order valence-electron chi connectivity index (χ0n) is 10.6. The quantitative estimate of drug-likeness (QED) is 0.448. The highest BCUT2D eigenvalue weighted by Crippen LogP contribution is 2.47. The zero-order valence-corrected chi connectivity index (χ0v) is 13.9. The number of hydrogen-bond acceptors (Lipinski definition) is 6. The van der Waals surface area contributed by atoms with Crippen LogP contribution >= 0.6 is 41.2 Å². The molecule has 0 radical (unpaired) electrons. The number of carbonyl (C=O) groups is 2. The van der Waals surface area contributed by atoms with Crippen LogP contribution in [0.5, 0.6) is 0 Å². The molecule has 4 nitrogen and oxygen atoms in total. The fraction of sp³-hybridized carbons (Fsp3) is 0.800. The third-order valence-electron chi connectivity index (χ3n) is 2.08. The van der Waals surface area contributed by atoms with Gasteiger partial charge in [-0.1, -0.05) is 48.3 Å². The van der Waals surface area contributed by atoms with E-state index in [1.54, 1.807) is 0 Å². The number of carbonyl (C=O) groups excluding carboxylic acids is 2. The van der Waals surface area contributed by atoms with Crippen LogP contribution in [0, 0.1) is 0 Å². The van der Waals surface area contributed by atoms with Gasteiger partial charge in [-0.25, -0.2) is 0 Å². The SMILES string of the molecule is CCCC(SSSSC(CCC)C(N)=O)C(N)=O. The van der Waals surface area contributed by atoms with Gasteiger partial charge in [0.1, 0.15) is 0 Å². The highest BCUT2D eigenvalue weighted by molar-refractivity contribution is 9.26. The molecule has 0 aliphatic rings. The first-order chi connectivity index (χ1) is 8.52. The van der Waals surface area contributed by atoms with Gasteiger partial charge in [-0.05, 0) is 32.5 Å². The van der Waals surface area contributed by atoms with Crippen LogP contribution in [0.25, 0.3) is 0 Å². The van der Waals surface area contributed by atoms with Gasteiger partial charge < -0.3 is 11.5 Å². The average molecular weight is 329 g/mol. The summed E-state index contributed by atoms with van der Waals surface area (Å²) in [4.78, 5) is 22.3. The summed E-state index contributed by atoms with van der Waals surface area (Å²) in [6, 6.07) is 0. The summed E-state index contributed by atoms with van der Waals surface area (Å²) >= 11 is 0. The second-order valence-corrected chi connectivity index (χ2v) is 9.90. The van der Waals surface area contributed by atoms with Crippen molar-refractivity contribution in [2.45, 2.75) is 50.0 Å². The number of amides is 2. The summed E-state index contributed by atoms with van der Waals surface area (Å²) in [5.74, 6) is -0.556. The first kappa shape index (κ1) is 18.3. The monoisotopic (exact) mass is 328 g/mol. The molecule has 18 heavy (non-hydrogen) atoms. The predicted octanol–water partition coefficient (Wildman–Crippen LogP) is 2.97. The van der Waals surface area contributed by atoms with Crippen LogP contribution in [0.2, 0.25) is 0 Å². The van der Waals surface area contributed by atoms with Crippen LogP contribution < -0.4 is 11.5 Å². The lowest BCUT2D eigenvalue weighted by atomic mass is 10.2. The van der Waals surface area contributed by atoms with Gasteiger partial charge in [0.05, 0.1) is 10.5 Å². The average Bonchev–Trinajstić information content (AvgIpc) is 2.30. The Balaban J connectivity index is 3.87. The molecule has 2 unspecified atom stereocenters. The normalized spacial score (nSPS) is 14.1. The molecule has 8 heteroatoms. The van der Waals surface area contributed by atoms with Gasteiger partial charge in [-0.2, -0.15) is 0 Å². The summed E-state index contributed by atoms with van der Waals surface area (Å²) in [6.07, 6.45) is 3.43. The minimum Gasteiger partial charge on any atom is -0.369 e. The van der Waals surface area contributed by atoms with E-state index in [1.165, 1.54) is 41.2 Å². The maximum atomic E-state index is 11.1. The lowest BCUT2D eigenvalue weighted by Crippen LogP contribution is -2.25. The molecule has 0 rings (SSSR count). The summed E-state index contributed by atoms with van der Waals surface area (Å²) in [7, 11) is 5.89. The minimum atomic E-state index is -0.278. The van der Waals surface area contributed by atoms with E-state index in [2.05, 4.69) is 0 Å². The molecule has 0 heterocycles. The fourth-order valence-electron chi connectivity index (χ4n) is 1.13. The molecule has 2 atom stereocenters. The predicted molar refractivity (Wildman–Crippen MR) is 86.1 cm³/mol. The standard InChI is InChI=1S/C10H20N2O2S4/c1-3-5-7(9(11)13)15-17-18-16-8(6-4-2)10(12)14/h7-8H,3-6H2,1-2H3,(H2,11,13)(H2,12,14). The van der Waals surface area contributed by atoms with Crippen LogP contribution in [0.1, 0.15) is 39.5 Å². The summed E-state index contributed by atoms with van der Waals surface area (Å²) < 4.78 is 0. The second kappa shape index (κ2) is 11.2. The molecule has 0 saturated carbocycles. The second-order valence-electron chi connectivity index (χ2n) is 3.69.